The van der Waals surface area contributed by atoms with Crippen LogP contribution in [0.1, 0.15) is 32.3 Å². The Morgan fingerprint density at radius 1 is 1.21 bits per heavy atom. The number of halogens is 2. The van der Waals surface area contributed by atoms with Crippen molar-refractivity contribution in [2.45, 2.75) is 32.2 Å². The van der Waals surface area contributed by atoms with Crippen LogP contribution in [0, 0.1) is 0 Å². The molecule has 0 aliphatic rings. The van der Waals surface area contributed by atoms with E-state index in [-0.39, 0.29) is 23.9 Å². The lowest BCUT2D eigenvalue weighted by atomic mass is 9.84. The van der Waals surface area contributed by atoms with Crippen molar-refractivity contribution < 1.29 is 4.79 Å². The first-order chi connectivity index (χ1) is 8.57. The van der Waals surface area contributed by atoms with E-state index in [4.69, 9.17) is 11.6 Å². The van der Waals surface area contributed by atoms with Gasteiger partial charge in [0.1, 0.15) is 0 Å². The van der Waals surface area contributed by atoms with E-state index in [2.05, 4.69) is 24.5 Å². The molecule has 0 saturated carbocycles. The van der Waals surface area contributed by atoms with Crippen LogP contribution in [0.5, 0.6) is 0 Å². The number of hydrogen-bond acceptors (Lipinski definition) is 2. The van der Waals surface area contributed by atoms with E-state index in [1.54, 1.807) is 7.05 Å². The molecule has 0 aromatic heterocycles. The minimum Gasteiger partial charge on any atom is -0.346 e. The molecule has 5 heteroatoms. The fraction of sp³-hybridized carbons (Fsp3) is 0.500. The molecule has 2 N–H and O–H groups in total. The first-order valence-electron chi connectivity index (χ1n) is 6.29. The molecular weight excluding hydrogens is 283 g/mol. The fourth-order valence-electron chi connectivity index (χ4n) is 2.15. The van der Waals surface area contributed by atoms with Crippen LogP contribution in [-0.2, 0) is 10.3 Å². The van der Waals surface area contributed by atoms with Crippen LogP contribution in [0.4, 0.5) is 0 Å². The van der Waals surface area contributed by atoms with Gasteiger partial charge in [-0.15, -0.1) is 12.4 Å². The lowest BCUT2D eigenvalue weighted by Gasteiger charge is -2.33. The minimum atomic E-state index is -0.307. The fourth-order valence-corrected chi connectivity index (χ4v) is 2.27. The smallest absolute Gasteiger partial charge is 0.234 e. The summed E-state index contributed by atoms with van der Waals surface area (Å²) in [5.74, 6) is 0.0103. The highest BCUT2D eigenvalue weighted by Crippen LogP contribution is 2.29. The van der Waals surface area contributed by atoms with E-state index < -0.39 is 0 Å². The van der Waals surface area contributed by atoms with Crippen molar-refractivity contribution in [1.82, 2.24) is 10.6 Å². The van der Waals surface area contributed by atoms with Crippen LogP contribution in [0.3, 0.4) is 0 Å². The van der Waals surface area contributed by atoms with E-state index >= 15 is 0 Å². The second-order valence-electron chi connectivity index (χ2n) is 4.37. The Labute approximate surface area is 126 Å². The van der Waals surface area contributed by atoms with Crippen molar-refractivity contribution in [2.24, 2.45) is 0 Å². The van der Waals surface area contributed by atoms with Gasteiger partial charge in [0.2, 0.25) is 5.91 Å². The summed E-state index contributed by atoms with van der Waals surface area (Å²) in [6, 6.07) is 7.69. The number of nitrogens with one attached hydrogen (secondary N) is 2. The Hall–Kier alpha value is -0.770. The standard InChI is InChI=1S/C14H21ClN2O.ClH/c1-4-14(5-2,17-13(18)10-16-3)11-6-8-12(15)9-7-11;/h6-9,16H,4-5,10H2,1-3H3,(H,17,18);1H. The quantitative estimate of drug-likeness (QED) is 0.848. The third kappa shape index (κ3) is 4.68. The number of rotatable bonds is 6. The number of carbonyl (C=O) groups excluding carboxylic acids is 1. The predicted molar refractivity (Wildman–Crippen MR) is 83.0 cm³/mol. The monoisotopic (exact) mass is 304 g/mol. The van der Waals surface area contributed by atoms with Gasteiger partial charge in [-0.05, 0) is 37.6 Å². The molecule has 0 radical (unpaired) electrons. The van der Waals surface area contributed by atoms with Crippen LogP contribution in [0.15, 0.2) is 24.3 Å². The molecule has 1 rings (SSSR count). The molecule has 1 aromatic rings. The van der Waals surface area contributed by atoms with Gasteiger partial charge >= 0.3 is 0 Å². The Kier molecular flexibility index (Phi) is 8.07. The summed E-state index contributed by atoms with van der Waals surface area (Å²) in [7, 11) is 1.77. The molecule has 0 saturated heterocycles. The van der Waals surface area contributed by atoms with Gasteiger partial charge in [-0.25, -0.2) is 0 Å². The largest absolute Gasteiger partial charge is 0.346 e. The predicted octanol–water partition coefficient (Wildman–Crippen LogP) is 3.11. The molecule has 19 heavy (non-hydrogen) atoms. The molecular formula is C14H22Cl2N2O. The maximum atomic E-state index is 11.8. The highest BCUT2D eigenvalue weighted by Gasteiger charge is 2.29. The molecule has 0 spiro atoms. The van der Waals surface area contributed by atoms with E-state index in [0.29, 0.717) is 11.6 Å². The highest BCUT2D eigenvalue weighted by atomic mass is 35.5. The SMILES string of the molecule is CCC(CC)(NC(=O)CNC)c1ccc(Cl)cc1.Cl. The zero-order chi connectivity index (χ0) is 13.6. The van der Waals surface area contributed by atoms with E-state index in [1.165, 1.54) is 0 Å². The van der Waals surface area contributed by atoms with Crippen molar-refractivity contribution in [3.05, 3.63) is 34.9 Å². The molecule has 0 unspecified atom stereocenters. The average Bonchev–Trinajstić information content (AvgIpc) is 2.37. The van der Waals surface area contributed by atoms with Crippen molar-refractivity contribution in [2.75, 3.05) is 13.6 Å². The first-order valence-corrected chi connectivity index (χ1v) is 6.67. The third-order valence-electron chi connectivity index (χ3n) is 3.32. The lowest BCUT2D eigenvalue weighted by Crippen LogP contribution is -2.47. The summed E-state index contributed by atoms with van der Waals surface area (Å²) in [6.45, 7) is 4.49. The number of likely N-dealkylation sites (N-methyl/N-ethyl adjacent to an activating group) is 1. The van der Waals surface area contributed by atoms with Gasteiger partial charge in [-0.1, -0.05) is 37.6 Å². The Morgan fingerprint density at radius 2 is 1.74 bits per heavy atom. The van der Waals surface area contributed by atoms with Gasteiger partial charge in [-0.2, -0.15) is 0 Å². The zero-order valence-corrected chi connectivity index (χ0v) is 13.2. The summed E-state index contributed by atoms with van der Waals surface area (Å²) in [5, 5.41) is 6.70. The molecule has 1 amide bonds. The normalized spacial score (nSPS) is 10.7. The maximum Gasteiger partial charge on any atom is 0.234 e. The minimum absolute atomic E-state index is 0. The van der Waals surface area contributed by atoms with Crippen molar-refractivity contribution >= 4 is 29.9 Å². The van der Waals surface area contributed by atoms with Crippen LogP contribution < -0.4 is 10.6 Å². The Bertz CT molecular complexity index is 389. The first kappa shape index (κ1) is 18.2. The van der Waals surface area contributed by atoms with Gasteiger partial charge in [0.05, 0.1) is 12.1 Å². The maximum absolute atomic E-state index is 11.8. The van der Waals surface area contributed by atoms with E-state index in [0.717, 1.165) is 18.4 Å². The topological polar surface area (TPSA) is 41.1 Å². The van der Waals surface area contributed by atoms with Gasteiger partial charge in [0.25, 0.3) is 0 Å². The van der Waals surface area contributed by atoms with Gasteiger partial charge in [0.15, 0.2) is 0 Å². The van der Waals surface area contributed by atoms with Crippen LogP contribution in [0.2, 0.25) is 5.02 Å². The molecule has 0 atom stereocenters. The van der Waals surface area contributed by atoms with Gasteiger partial charge < -0.3 is 10.6 Å². The zero-order valence-electron chi connectivity index (χ0n) is 11.6. The second kappa shape index (κ2) is 8.41. The third-order valence-corrected chi connectivity index (χ3v) is 3.57. The number of carbonyl (C=O) groups is 1. The summed E-state index contributed by atoms with van der Waals surface area (Å²) in [5.41, 5.74) is 0.791. The number of benzene rings is 1. The second-order valence-corrected chi connectivity index (χ2v) is 4.81. The molecule has 3 nitrogen and oxygen atoms in total. The molecule has 0 heterocycles. The molecule has 0 aliphatic heterocycles. The highest BCUT2D eigenvalue weighted by molar-refractivity contribution is 6.30. The molecule has 108 valence electrons. The number of amides is 1. The Morgan fingerprint density at radius 3 is 2.16 bits per heavy atom. The van der Waals surface area contributed by atoms with Crippen molar-refractivity contribution in [3.8, 4) is 0 Å². The molecule has 1 aromatic carbocycles. The van der Waals surface area contributed by atoms with Crippen molar-refractivity contribution in [3.63, 3.8) is 0 Å². The average molecular weight is 305 g/mol. The summed E-state index contributed by atoms with van der Waals surface area (Å²) < 4.78 is 0. The van der Waals surface area contributed by atoms with E-state index in [1.807, 2.05) is 24.3 Å². The van der Waals surface area contributed by atoms with Gasteiger partial charge in [0, 0.05) is 5.02 Å². The molecule has 0 fully saturated rings. The van der Waals surface area contributed by atoms with Crippen LogP contribution >= 0.6 is 24.0 Å². The molecule has 0 bridgehead atoms. The van der Waals surface area contributed by atoms with Crippen LogP contribution in [0.25, 0.3) is 0 Å². The van der Waals surface area contributed by atoms with Gasteiger partial charge in [-0.3, -0.25) is 4.79 Å². The summed E-state index contributed by atoms with van der Waals surface area (Å²) in [6.07, 6.45) is 1.70. The molecule has 0 aliphatic carbocycles. The Balaban J connectivity index is 0.00000324. The summed E-state index contributed by atoms with van der Waals surface area (Å²) >= 11 is 5.91. The number of hydrogen-bond donors (Lipinski definition) is 2. The lowest BCUT2D eigenvalue weighted by molar-refractivity contribution is -0.122. The summed E-state index contributed by atoms with van der Waals surface area (Å²) in [4.78, 5) is 11.8. The van der Waals surface area contributed by atoms with Crippen molar-refractivity contribution in [1.29, 1.82) is 0 Å². The van der Waals surface area contributed by atoms with E-state index in [9.17, 15) is 4.79 Å². The van der Waals surface area contributed by atoms with Crippen LogP contribution in [-0.4, -0.2) is 19.5 Å².